The van der Waals surface area contributed by atoms with Crippen LogP contribution >= 0.6 is 11.6 Å². The normalized spacial score (nSPS) is 10.6. The zero-order valence-corrected chi connectivity index (χ0v) is 10.5. The fourth-order valence-electron chi connectivity index (χ4n) is 1.73. The summed E-state index contributed by atoms with van der Waals surface area (Å²) in [4.78, 5) is 20.0. The molecule has 0 aliphatic heterocycles. The van der Waals surface area contributed by atoms with Gasteiger partial charge in [-0.3, -0.25) is 4.79 Å². The fraction of sp³-hybridized carbons (Fsp3) is 0. The summed E-state index contributed by atoms with van der Waals surface area (Å²) in [6, 6.07) is 6.88. The highest BCUT2D eigenvalue weighted by molar-refractivity contribution is 6.32. The van der Waals surface area contributed by atoms with Gasteiger partial charge in [-0.1, -0.05) is 11.6 Å². The van der Waals surface area contributed by atoms with Gasteiger partial charge in [0.25, 0.3) is 5.91 Å². The van der Waals surface area contributed by atoms with E-state index in [2.05, 4.69) is 15.3 Å². The lowest BCUT2D eigenvalue weighted by Crippen LogP contribution is -2.12. The van der Waals surface area contributed by atoms with Crippen molar-refractivity contribution in [2.75, 3.05) is 5.32 Å². The molecule has 19 heavy (non-hydrogen) atoms. The summed E-state index contributed by atoms with van der Waals surface area (Å²) in [5.41, 5.74) is 1.88. The van der Waals surface area contributed by atoms with Crippen molar-refractivity contribution in [1.82, 2.24) is 14.4 Å². The third-order valence-corrected chi connectivity index (χ3v) is 2.98. The van der Waals surface area contributed by atoms with Gasteiger partial charge in [0, 0.05) is 18.0 Å². The van der Waals surface area contributed by atoms with Crippen LogP contribution < -0.4 is 5.32 Å². The van der Waals surface area contributed by atoms with E-state index in [1.54, 1.807) is 49.2 Å². The molecule has 5 nitrogen and oxygen atoms in total. The number of pyridine rings is 2. The van der Waals surface area contributed by atoms with Crippen LogP contribution in [0.3, 0.4) is 0 Å². The summed E-state index contributed by atoms with van der Waals surface area (Å²) in [6.07, 6.45) is 6.71. The number of nitrogens with one attached hydrogen (secondary N) is 1. The van der Waals surface area contributed by atoms with Crippen molar-refractivity contribution in [2.45, 2.75) is 0 Å². The van der Waals surface area contributed by atoms with E-state index in [-0.39, 0.29) is 11.1 Å². The van der Waals surface area contributed by atoms with Gasteiger partial charge in [-0.15, -0.1) is 0 Å². The molecular weight excluding hydrogens is 264 g/mol. The summed E-state index contributed by atoms with van der Waals surface area (Å²) < 4.78 is 1.83. The second-order valence-electron chi connectivity index (χ2n) is 3.94. The average molecular weight is 273 g/mol. The van der Waals surface area contributed by atoms with Gasteiger partial charge in [-0.2, -0.15) is 0 Å². The molecule has 0 aromatic carbocycles. The molecule has 6 heteroatoms. The zero-order valence-electron chi connectivity index (χ0n) is 9.75. The standard InChI is InChI=1S/C13H9ClN4O/c14-12-11(2-1-4-16-12)17-13(19)9-3-5-18-8-15-7-10(18)6-9/h1-8H,(H,17,19). The van der Waals surface area contributed by atoms with Crippen LogP contribution in [0, 0.1) is 0 Å². The number of halogens is 1. The maximum absolute atomic E-state index is 12.1. The van der Waals surface area contributed by atoms with Crippen molar-refractivity contribution < 1.29 is 4.79 Å². The van der Waals surface area contributed by atoms with Gasteiger partial charge in [-0.25, -0.2) is 9.97 Å². The number of carbonyl (C=O) groups is 1. The number of rotatable bonds is 2. The Morgan fingerprint density at radius 2 is 2.26 bits per heavy atom. The number of imidazole rings is 1. The number of carbonyl (C=O) groups excluding carboxylic acids is 1. The molecule has 0 bridgehead atoms. The molecule has 0 aliphatic rings. The number of fused-ring (bicyclic) bond motifs is 1. The highest BCUT2D eigenvalue weighted by Crippen LogP contribution is 2.18. The third kappa shape index (κ3) is 2.28. The van der Waals surface area contributed by atoms with E-state index in [1.807, 2.05) is 4.40 Å². The number of anilines is 1. The molecule has 0 saturated heterocycles. The number of hydrogen-bond donors (Lipinski definition) is 1. The van der Waals surface area contributed by atoms with Crippen molar-refractivity contribution >= 4 is 28.7 Å². The predicted molar refractivity (Wildman–Crippen MR) is 72.4 cm³/mol. The SMILES string of the molecule is O=C(Nc1cccnc1Cl)c1ccn2cncc2c1. The van der Waals surface area contributed by atoms with E-state index in [1.165, 1.54) is 0 Å². The van der Waals surface area contributed by atoms with Crippen LogP contribution in [-0.2, 0) is 0 Å². The Labute approximate surface area is 113 Å². The van der Waals surface area contributed by atoms with Gasteiger partial charge < -0.3 is 9.72 Å². The van der Waals surface area contributed by atoms with Crippen molar-refractivity contribution in [3.63, 3.8) is 0 Å². The Morgan fingerprint density at radius 1 is 1.37 bits per heavy atom. The van der Waals surface area contributed by atoms with E-state index in [0.717, 1.165) is 5.52 Å². The first-order valence-corrected chi connectivity index (χ1v) is 5.95. The van der Waals surface area contributed by atoms with Crippen LogP contribution in [0.25, 0.3) is 5.52 Å². The first-order valence-electron chi connectivity index (χ1n) is 5.57. The van der Waals surface area contributed by atoms with Crippen molar-refractivity contribution in [2.24, 2.45) is 0 Å². The van der Waals surface area contributed by atoms with Gasteiger partial charge in [0.05, 0.1) is 23.7 Å². The lowest BCUT2D eigenvalue weighted by molar-refractivity contribution is 0.102. The molecule has 1 amide bonds. The Kier molecular flexibility index (Phi) is 2.89. The maximum Gasteiger partial charge on any atom is 0.255 e. The first kappa shape index (κ1) is 11.7. The summed E-state index contributed by atoms with van der Waals surface area (Å²) in [6.45, 7) is 0. The van der Waals surface area contributed by atoms with Crippen molar-refractivity contribution in [3.05, 3.63) is 59.9 Å². The van der Waals surface area contributed by atoms with Gasteiger partial charge in [0.2, 0.25) is 0 Å². The summed E-state index contributed by atoms with van der Waals surface area (Å²) >= 11 is 5.89. The van der Waals surface area contributed by atoms with Crippen molar-refractivity contribution in [3.8, 4) is 0 Å². The molecule has 0 fully saturated rings. The minimum absolute atomic E-state index is 0.237. The lowest BCUT2D eigenvalue weighted by Gasteiger charge is -2.06. The second-order valence-corrected chi connectivity index (χ2v) is 4.30. The molecule has 0 spiro atoms. The van der Waals surface area contributed by atoms with Crippen LogP contribution in [0.15, 0.2) is 49.2 Å². The van der Waals surface area contributed by atoms with Crippen LogP contribution in [-0.4, -0.2) is 20.3 Å². The van der Waals surface area contributed by atoms with E-state index < -0.39 is 0 Å². The summed E-state index contributed by atoms with van der Waals surface area (Å²) in [5.74, 6) is -0.237. The largest absolute Gasteiger partial charge is 0.319 e. The van der Waals surface area contributed by atoms with Gasteiger partial charge in [-0.05, 0) is 24.3 Å². The number of nitrogens with zero attached hydrogens (tertiary/aromatic N) is 3. The van der Waals surface area contributed by atoms with E-state index in [9.17, 15) is 4.79 Å². The van der Waals surface area contributed by atoms with Crippen LogP contribution in [0.1, 0.15) is 10.4 Å². The van der Waals surface area contributed by atoms with E-state index in [4.69, 9.17) is 11.6 Å². The molecule has 3 rings (SSSR count). The van der Waals surface area contributed by atoms with E-state index in [0.29, 0.717) is 11.3 Å². The van der Waals surface area contributed by atoms with Gasteiger partial charge >= 0.3 is 0 Å². The molecule has 1 N–H and O–H groups in total. The Bertz CT molecular complexity index is 753. The second kappa shape index (κ2) is 4.70. The monoisotopic (exact) mass is 272 g/mol. The Hall–Kier alpha value is -2.40. The molecule has 3 aromatic heterocycles. The summed E-state index contributed by atoms with van der Waals surface area (Å²) in [7, 11) is 0. The molecular formula is C13H9ClN4O. The van der Waals surface area contributed by atoms with Crippen molar-refractivity contribution in [1.29, 1.82) is 0 Å². The molecule has 94 valence electrons. The predicted octanol–water partition coefficient (Wildman–Crippen LogP) is 2.64. The Balaban J connectivity index is 1.89. The lowest BCUT2D eigenvalue weighted by atomic mass is 10.2. The molecule has 0 aliphatic carbocycles. The molecule has 3 heterocycles. The van der Waals surface area contributed by atoms with Crippen LogP contribution in [0.5, 0.6) is 0 Å². The maximum atomic E-state index is 12.1. The number of hydrogen-bond acceptors (Lipinski definition) is 3. The number of amides is 1. The smallest absolute Gasteiger partial charge is 0.255 e. The molecule has 0 saturated carbocycles. The molecule has 3 aromatic rings. The zero-order chi connectivity index (χ0) is 13.2. The molecule has 0 radical (unpaired) electrons. The molecule has 0 unspecified atom stereocenters. The van der Waals surface area contributed by atoms with Crippen LogP contribution in [0.2, 0.25) is 5.15 Å². The fourth-order valence-corrected chi connectivity index (χ4v) is 1.90. The van der Waals surface area contributed by atoms with E-state index >= 15 is 0 Å². The van der Waals surface area contributed by atoms with Crippen LogP contribution in [0.4, 0.5) is 5.69 Å². The minimum atomic E-state index is -0.237. The number of aromatic nitrogens is 3. The summed E-state index contributed by atoms with van der Waals surface area (Å²) in [5, 5.41) is 2.99. The minimum Gasteiger partial charge on any atom is -0.319 e. The highest BCUT2D eigenvalue weighted by atomic mass is 35.5. The third-order valence-electron chi connectivity index (χ3n) is 2.68. The average Bonchev–Trinajstić information content (AvgIpc) is 2.88. The Morgan fingerprint density at radius 3 is 3.11 bits per heavy atom. The quantitative estimate of drug-likeness (QED) is 0.730. The first-order chi connectivity index (χ1) is 9.24. The highest BCUT2D eigenvalue weighted by Gasteiger charge is 2.09. The molecule has 0 atom stereocenters. The van der Waals surface area contributed by atoms with Gasteiger partial charge in [0.15, 0.2) is 5.15 Å². The van der Waals surface area contributed by atoms with Gasteiger partial charge in [0.1, 0.15) is 0 Å². The topological polar surface area (TPSA) is 59.3 Å².